The van der Waals surface area contributed by atoms with Crippen LogP contribution in [0, 0.1) is 0 Å². The number of alkyl halides is 1. The van der Waals surface area contributed by atoms with Crippen molar-refractivity contribution in [1.82, 2.24) is 5.32 Å². The predicted octanol–water partition coefficient (Wildman–Crippen LogP) is 2.09. The van der Waals surface area contributed by atoms with E-state index in [1.807, 2.05) is 0 Å². The van der Waals surface area contributed by atoms with Gasteiger partial charge in [-0.2, -0.15) is 0 Å². The molecule has 12 heavy (non-hydrogen) atoms. The lowest BCUT2D eigenvalue weighted by atomic mass is 9.96. The van der Waals surface area contributed by atoms with Gasteiger partial charge in [0, 0.05) is 9.97 Å². The average Bonchev–Trinajstić information content (AvgIpc) is 2.09. The van der Waals surface area contributed by atoms with Crippen molar-refractivity contribution in [3.63, 3.8) is 0 Å². The number of nitrogens with one attached hydrogen (secondary N) is 1. The van der Waals surface area contributed by atoms with Gasteiger partial charge in [-0.25, -0.2) is 4.79 Å². The number of hydrogen-bond donors (Lipinski definition) is 1. The molecule has 2 atom stereocenters. The summed E-state index contributed by atoms with van der Waals surface area (Å²) in [6.45, 7) is 0. The SMILES string of the molecule is COC(=O)NC1CCCCC1I. The van der Waals surface area contributed by atoms with E-state index in [1.165, 1.54) is 26.4 Å². The molecule has 1 fully saturated rings. The average molecular weight is 283 g/mol. The Kier molecular flexibility index (Phi) is 4.11. The Balaban J connectivity index is 2.33. The second kappa shape index (κ2) is 4.89. The summed E-state index contributed by atoms with van der Waals surface area (Å²) in [7, 11) is 1.40. The third kappa shape index (κ3) is 2.80. The van der Waals surface area contributed by atoms with Gasteiger partial charge in [-0.05, 0) is 12.8 Å². The number of methoxy groups -OCH3 is 1. The fourth-order valence-electron chi connectivity index (χ4n) is 1.46. The van der Waals surface area contributed by atoms with Gasteiger partial charge in [0.05, 0.1) is 7.11 Å². The van der Waals surface area contributed by atoms with E-state index < -0.39 is 0 Å². The van der Waals surface area contributed by atoms with E-state index >= 15 is 0 Å². The van der Waals surface area contributed by atoms with Crippen molar-refractivity contribution >= 4 is 28.7 Å². The summed E-state index contributed by atoms with van der Waals surface area (Å²) >= 11 is 2.40. The van der Waals surface area contributed by atoms with Crippen molar-refractivity contribution in [1.29, 1.82) is 0 Å². The number of hydrogen-bond acceptors (Lipinski definition) is 2. The maximum atomic E-state index is 10.9. The Morgan fingerprint density at radius 2 is 2.17 bits per heavy atom. The molecule has 1 aliphatic rings. The quantitative estimate of drug-likeness (QED) is 0.591. The molecule has 0 spiro atoms. The number of carbonyl (C=O) groups excluding carboxylic acids is 1. The summed E-state index contributed by atoms with van der Waals surface area (Å²) in [5.74, 6) is 0. The molecular weight excluding hydrogens is 269 g/mol. The highest BCUT2D eigenvalue weighted by molar-refractivity contribution is 14.1. The van der Waals surface area contributed by atoms with Crippen LogP contribution in [0.3, 0.4) is 0 Å². The molecule has 1 saturated carbocycles. The molecule has 0 aromatic carbocycles. The third-order valence-electron chi connectivity index (χ3n) is 2.17. The lowest BCUT2D eigenvalue weighted by Gasteiger charge is -2.27. The van der Waals surface area contributed by atoms with Crippen molar-refractivity contribution in [2.75, 3.05) is 7.11 Å². The van der Waals surface area contributed by atoms with Crippen LogP contribution in [-0.4, -0.2) is 23.2 Å². The number of rotatable bonds is 1. The topological polar surface area (TPSA) is 38.3 Å². The lowest BCUT2D eigenvalue weighted by Crippen LogP contribution is -2.42. The normalized spacial score (nSPS) is 29.5. The molecule has 0 aromatic rings. The highest BCUT2D eigenvalue weighted by Gasteiger charge is 2.23. The highest BCUT2D eigenvalue weighted by Crippen LogP contribution is 2.24. The van der Waals surface area contributed by atoms with Gasteiger partial charge < -0.3 is 10.1 Å². The summed E-state index contributed by atoms with van der Waals surface area (Å²) in [5, 5.41) is 2.85. The van der Waals surface area contributed by atoms with Crippen LogP contribution in [0.5, 0.6) is 0 Å². The Morgan fingerprint density at radius 1 is 1.50 bits per heavy atom. The molecule has 0 aliphatic heterocycles. The first-order valence-electron chi connectivity index (χ1n) is 4.22. The summed E-state index contributed by atoms with van der Waals surface area (Å²) in [4.78, 5) is 10.9. The van der Waals surface area contributed by atoms with Gasteiger partial charge in [0.25, 0.3) is 0 Å². The Bertz CT molecular complexity index is 163. The van der Waals surface area contributed by atoms with E-state index in [9.17, 15) is 4.79 Å². The van der Waals surface area contributed by atoms with E-state index in [0.29, 0.717) is 9.97 Å². The van der Waals surface area contributed by atoms with Crippen LogP contribution in [-0.2, 0) is 4.74 Å². The molecule has 0 heterocycles. The van der Waals surface area contributed by atoms with Crippen LogP contribution in [0.1, 0.15) is 25.7 Å². The van der Waals surface area contributed by atoms with Crippen molar-refractivity contribution in [2.45, 2.75) is 35.6 Å². The Morgan fingerprint density at radius 3 is 2.75 bits per heavy atom. The second-order valence-electron chi connectivity index (χ2n) is 3.04. The monoisotopic (exact) mass is 283 g/mol. The maximum absolute atomic E-state index is 10.9. The van der Waals surface area contributed by atoms with Crippen LogP contribution in [0.15, 0.2) is 0 Å². The number of amides is 1. The number of alkyl carbamates (subject to hydrolysis) is 1. The third-order valence-corrected chi connectivity index (χ3v) is 3.66. The van der Waals surface area contributed by atoms with E-state index in [0.717, 1.165) is 6.42 Å². The minimum absolute atomic E-state index is 0.302. The van der Waals surface area contributed by atoms with Crippen LogP contribution in [0.4, 0.5) is 4.79 Å². The van der Waals surface area contributed by atoms with E-state index in [-0.39, 0.29) is 6.09 Å². The molecule has 1 aliphatic carbocycles. The second-order valence-corrected chi connectivity index (χ2v) is 4.64. The first-order chi connectivity index (χ1) is 5.74. The molecular formula is C8H14INO2. The van der Waals surface area contributed by atoms with Gasteiger partial charge >= 0.3 is 6.09 Å². The zero-order chi connectivity index (χ0) is 8.97. The van der Waals surface area contributed by atoms with Crippen molar-refractivity contribution < 1.29 is 9.53 Å². The first kappa shape index (κ1) is 10.1. The zero-order valence-corrected chi connectivity index (χ0v) is 9.34. The first-order valence-corrected chi connectivity index (χ1v) is 5.47. The van der Waals surface area contributed by atoms with Crippen LogP contribution >= 0.6 is 22.6 Å². The molecule has 0 saturated heterocycles. The highest BCUT2D eigenvalue weighted by atomic mass is 127. The molecule has 0 bridgehead atoms. The molecule has 0 aromatic heterocycles. The zero-order valence-electron chi connectivity index (χ0n) is 7.18. The standard InChI is InChI=1S/C8H14INO2/c1-12-8(11)10-7-5-3-2-4-6(7)9/h6-7H,2-5H2,1H3,(H,10,11). The summed E-state index contributed by atoms with van der Waals surface area (Å²) in [5.41, 5.74) is 0. The molecule has 3 nitrogen and oxygen atoms in total. The van der Waals surface area contributed by atoms with Crippen molar-refractivity contribution in [2.24, 2.45) is 0 Å². The van der Waals surface area contributed by atoms with Gasteiger partial charge in [-0.1, -0.05) is 35.4 Å². The predicted molar refractivity (Wildman–Crippen MR) is 55.6 cm³/mol. The van der Waals surface area contributed by atoms with E-state index in [1.54, 1.807) is 0 Å². The fourth-order valence-corrected chi connectivity index (χ4v) is 2.44. The van der Waals surface area contributed by atoms with E-state index in [4.69, 9.17) is 0 Å². The minimum Gasteiger partial charge on any atom is -0.453 e. The van der Waals surface area contributed by atoms with Gasteiger partial charge in [0.15, 0.2) is 0 Å². The molecule has 2 unspecified atom stereocenters. The van der Waals surface area contributed by atoms with Gasteiger partial charge in [-0.15, -0.1) is 0 Å². The van der Waals surface area contributed by atoms with Crippen molar-refractivity contribution in [3.05, 3.63) is 0 Å². The molecule has 4 heteroatoms. The lowest BCUT2D eigenvalue weighted by molar-refractivity contribution is 0.164. The number of ether oxygens (including phenoxy) is 1. The van der Waals surface area contributed by atoms with Crippen molar-refractivity contribution in [3.8, 4) is 0 Å². The smallest absolute Gasteiger partial charge is 0.407 e. The Labute approximate surface area is 86.4 Å². The van der Waals surface area contributed by atoms with Crippen LogP contribution in [0.25, 0.3) is 0 Å². The summed E-state index contributed by atoms with van der Waals surface area (Å²) in [6.07, 6.45) is 4.49. The number of halogens is 1. The molecule has 1 amide bonds. The minimum atomic E-state index is -0.302. The summed E-state index contributed by atoms with van der Waals surface area (Å²) in [6, 6.07) is 0.312. The van der Waals surface area contributed by atoms with Gasteiger partial charge in [0.1, 0.15) is 0 Å². The van der Waals surface area contributed by atoms with Gasteiger partial charge in [0.2, 0.25) is 0 Å². The largest absolute Gasteiger partial charge is 0.453 e. The molecule has 1 rings (SSSR count). The maximum Gasteiger partial charge on any atom is 0.407 e. The summed E-state index contributed by atoms with van der Waals surface area (Å²) < 4.78 is 5.11. The Hall–Kier alpha value is 0. The number of carbonyl (C=O) groups is 1. The molecule has 1 N–H and O–H groups in total. The van der Waals surface area contributed by atoms with Crippen LogP contribution in [0.2, 0.25) is 0 Å². The molecule has 0 radical (unpaired) electrons. The fraction of sp³-hybridized carbons (Fsp3) is 0.875. The van der Waals surface area contributed by atoms with Gasteiger partial charge in [-0.3, -0.25) is 0 Å². The van der Waals surface area contributed by atoms with E-state index in [2.05, 4.69) is 32.6 Å². The molecule has 70 valence electrons. The van der Waals surface area contributed by atoms with Crippen LogP contribution < -0.4 is 5.32 Å².